The predicted molar refractivity (Wildman–Crippen MR) is 102 cm³/mol. The van der Waals surface area contributed by atoms with E-state index >= 15 is 0 Å². The zero-order chi connectivity index (χ0) is 17.2. The van der Waals surface area contributed by atoms with Crippen LogP contribution in [0.15, 0.2) is 41.2 Å². The van der Waals surface area contributed by atoms with Crippen molar-refractivity contribution in [3.8, 4) is 10.4 Å². The third-order valence-electron chi connectivity index (χ3n) is 4.98. The molecule has 3 aromatic rings. The Morgan fingerprint density at radius 3 is 2.84 bits per heavy atom. The molecule has 0 saturated heterocycles. The fourth-order valence-corrected chi connectivity index (χ4v) is 4.56. The van der Waals surface area contributed by atoms with Crippen LogP contribution in [0.4, 0.5) is 0 Å². The molecule has 5 heteroatoms. The summed E-state index contributed by atoms with van der Waals surface area (Å²) in [5.74, 6) is 1.20. The van der Waals surface area contributed by atoms with Crippen LogP contribution in [0.2, 0.25) is 0 Å². The van der Waals surface area contributed by atoms with Crippen LogP contribution in [0, 0.1) is 5.92 Å². The van der Waals surface area contributed by atoms with Gasteiger partial charge in [-0.25, -0.2) is 4.98 Å². The molecule has 4 rings (SSSR count). The Bertz CT molecular complexity index is 916. The van der Waals surface area contributed by atoms with Crippen LogP contribution in [0.5, 0.6) is 0 Å². The van der Waals surface area contributed by atoms with Crippen molar-refractivity contribution < 1.29 is 4.74 Å². The van der Waals surface area contributed by atoms with Crippen molar-refractivity contribution in [1.29, 1.82) is 0 Å². The molecule has 1 aliphatic carbocycles. The highest BCUT2D eigenvalue weighted by Gasteiger charge is 2.22. The quantitative estimate of drug-likeness (QED) is 0.736. The average Bonchev–Trinajstić information content (AvgIpc) is 3.07. The molecular formula is C20H22N2O2S. The van der Waals surface area contributed by atoms with Gasteiger partial charge in [-0.15, -0.1) is 11.3 Å². The second kappa shape index (κ2) is 7.10. The van der Waals surface area contributed by atoms with E-state index in [9.17, 15) is 4.79 Å². The number of fused-ring (bicyclic) bond motifs is 1. The van der Waals surface area contributed by atoms with Gasteiger partial charge in [-0.1, -0.05) is 50.1 Å². The number of hydrogen-bond acceptors (Lipinski definition) is 4. The molecule has 130 valence electrons. The van der Waals surface area contributed by atoms with Gasteiger partial charge in [-0.2, -0.15) is 0 Å². The fraction of sp³-hybridized carbons (Fsp3) is 0.400. The summed E-state index contributed by atoms with van der Waals surface area (Å²) in [7, 11) is 0. The van der Waals surface area contributed by atoms with E-state index < -0.39 is 0 Å². The normalized spacial score (nSPS) is 20.8. The lowest BCUT2D eigenvalue weighted by atomic mass is 9.88. The van der Waals surface area contributed by atoms with Gasteiger partial charge in [0.15, 0.2) is 0 Å². The molecule has 1 saturated carbocycles. The molecule has 0 bridgehead atoms. The summed E-state index contributed by atoms with van der Waals surface area (Å²) in [5, 5.41) is 0.652. The lowest BCUT2D eigenvalue weighted by molar-refractivity contribution is -0.0181. The minimum absolute atomic E-state index is 0.0845. The SMILES string of the molecule is C[C@@H]1CCCC[C@H]1OCc1nc2sc(-c3ccccc3)cc2c(=O)[nH]1. The summed E-state index contributed by atoms with van der Waals surface area (Å²) in [6, 6.07) is 12.0. The van der Waals surface area contributed by atoms with Crippen molar-refractivity contribution in [2.24, 2.45) is 5.92 Å². The maximum Gasteiger partial charge on any atom is 0.259 e. The zero-order valence-electron chi connectivity index (χ0n) is 14.3. The first-order valence-electron chi connectivity index (χ1n) is 8.90. The predicted octanol–water partition coefficient (Wildman–Crippen LogP) is 4.75. The number of benzene rings is 1. The topological polar surface area (TPSA) is 55.0 Å². The van der Waals surface area contributed by atoms with Gasteiger partial charge in [0.25, 0.3) is 5.56 Å². The van der Waals surface area contributed by atoms with E-state index in [1.54, 1.807) is 11.3 Å². The van der Waals surface area contributed by atoms with Gasteiger partial charge in [0, 0.05) is 4.88 Å². The standard InChI is InChI=1S/C20H22N2O2S/c1-13-7-5-6-10-16(13)24-12-18-21-19(23)15-11-17(25-20(15)22-18)14-8-3-2-4-9-14/h2-4,8-9,11,13,16H,5-7,10,12H2,1H3,(H,21,22,23)/t13-,16-/m1/s1. The summed E-state index contributed by atoms with van der Waals surface area (Å²) >= 11 is 1.55. The molecule has 1 N–H and O–H groups in total. The van der Waals surface area contributed by atoms with Crippen molar-refractivity contribution in [2.75, 3.05) is 0 Å². The van der Waals surface area contributed by atoms with E-state index in [0.29, 0.717) is 23.7 Å². The number of rotatable bonds is 4. The van der Waals surface area contributed by atoms with E-state index in [2.05, 4.69) is 16.9 Å². The first kappa shape index (κ1) is 16.5. The molecule has 0 spiro atoms. The molecule has 0 unspecified atom stereocenters. The summed E-state index contributed by atoms with van der Waals surface area (Å²) in [4.78, 5) is 21.8. The third-order valence-corrected chi connectivity index (χ3v) is 6.05. The molecule has 0 radical (unpaired) electrons. The van der Waals surface area contributed by atoms with Crippen LogP contribution in [0.25, 0.3) is 20.7 Å². The second-order valence-corrected chi connectivity index (χ2v) is 7.85. The fourth-order valence-electron chi connectivity index (χ4n) is 3.50. The maximum absolute atomic E-state index is 12.4. The molecule has 0 aliphatic heterocycles. The lowest BCUT2D eigenvalue weighted by Gasteiger charge is -2.28. The Balaban J connectivity index is 1.58. The zero-order valence-corrected chi connectivity index (χ0v) is 15.1. The summed E-state index contributed by atoms with van der Waals surface area (Å²) in [5.41, 5.74) is 1.03. The molecule has 25 heavy (non-hydrogen) atoms. The van der Waals surface area contributed by atoms with Crippen LogP contribution in [-0.4, -0.2) is 16.1 Å². The molecule has 1 aliphatic rings. The Kier molecular flexibility index (Phi) is 4.68. The number of aromatic amines is 1. The molecule has 2 aromatic heterocycles. The third kappa shape index (κ3) is 3.53. The summed E-state index contributed by atoms with van der Waals surface area (Å²) in [6.45, 7) is 2.62. The molecule has 4 nitrogen and oxygen atoms in total. The number of nitrogens with one attached hydrogen (secondary N) is 1. The number of aromatic nitrogens is 2. The van der Waals surface area contributed by atoms with Gasteiger partial charge in [-0.3, -0.25) is 4.79 Å². The van der Waals surface area contributed by atoms with Crippen LogP contribution < -0.4 is 5.56 Å². The van der Waals surface area contributed by atoms with E-state index in [0.717, 1.165) is 21.7 Å². The number of hydrogen-bond donors (Lipinski definition) is 1. The first-order valence-corrected chi connectivity index (χ1v) is 9.72. The largest absolute Gasteiger partial charge is 0.370 e. The number of ether oxygens (including phenoxy) is 1. The average molecular weight is 354 g/mol. The van der Waals surface area contributed by atoms with Crippen molar-refractivity contribution in [2.45, 2.75) is 45.3 Å². The highest BCUT2D eigenvalue weighted by molar-refractivity contribution is 7.21. The Labute approximate surface area is 150 Å². The molecule has 2 atom stereocenters. The van der Waals surface area contributed by atoms with E-state index in [4.69, 9.17) is 4.74 Å². The molecule has 2 heterocycles. The van der Waals surface area contributed by atoms with Gasteiger partial charge in [0.2, 0.25) is 0 Å². The lowest BCUT2D eigenvalue weighted by Crippen LogP contribution is -2.26. The highest BCUT2D eigenvalue weighted by Crippen LogP contribution is 2.31. The van der Waals surface area contributed by atoms with Gasteiger partial charge in [0.05, 0.1) is 11.5 Å². The van der Waals surface area contributed by atoms with Crippen LogP contribution in [-0.2, 0) is 11.3 Å². The number of H-pyrrole nitrogens is 1. The number of thiophene rings is 1. The number of nitrogens with zero attached hydrogens (tertiary/aromatic N) is 1. The molecule has 0 amide bonds. The maximum atomic E-state index is 12.4. The van der Waals surface area contributed by atoms with Crippen LogP contribution in [0.3, 0.4) is 0 Å². The Hall–Kier alpha value is -1.98. The van der Waals surface area contributed by atoms with Crippen LogP contribution in [0.1, 0.15) is 38.4 Å². The summed E-state index contributed by atoms with van der Waals surface area (Å²) in [6.07, 6.45) is 5.12. The Morgan fingerprint density at radius 1 is 1.24 bits per heavy atom. The highest BCUT2D eigenvalue weighted by atomic mass is 32.1. The van der Waals surface area contributed by atoms with Crippen LogP contribution >= 0.6 is 11.3 Å². The van der Waals surface area contributed by atoms with E-state index in [-0.39, 0.29) is 11.7 Å². The smallest absolute Gasteiger partial charge is 0.259 e. The Morgan fingerprint density at radius 2 is 2.04 bits per heavy atom. The van der Waals surface area contributed by atoms with Gasteiger partial charge in [-0.05, 0) is 30.4 Å². The van der Waals surface area contributed by atoms with Gasteiger partial charge in [0.1, 0.15) is 17.3 Å². The molecule has 1 fully saturated rings. The minimum Gasteiger partial charge on any atom is -0.370 e. The second-order valence-electron chi connectivity index (χ2n) is 6.82. The van der Waals surface area contributed by atoms with E-state index in [1.807, 2.05) is 36.4 Å². The first-order chi connectivity index (χ1) is 12.2. The minimum atomic E-state index is -0.0845. The van der Waals surface area contributed by atoms with Crippen molar-refractivity contribution >= 4 is 21.6 Å². The molecule has 1 aromatic carbocycles. The van der Waals surface area contributed by atoms with Crippen molar-refractivity contribution in [3.05, 3.63) is 52.6 Å². The van der Waals surface area contributed by atoms with Crippen molar-refractivity contribution in [1.82, 2.24) is 9.97 Å². The van der Waals surface area contributed by atoms with Gasteiger partial charge < -0.3 is 9.72 Å². The van der Waals surface area contributed by atoms with Gasteiger partial charge >= 0.3 is 0 Å². The van der Waals surface area contributed by atoms with E-state index in [1.165, 1.54) is 19.3 Å². The summed E-state index contributed by atoms with van der Waals surface area (Å²) < 4.78 is 6.05. The molecular weight excluding hydrogens is 332 g/mol. The van der Waals surface area contributed by atoms with Crippen molar-refractivity contribution in [3.63, 3.8) is 0 Å². The monoisotopic (exact) mass is 354 g/mol.